The molecule has 33 heavy (non-hydrogen) atoms. The topological polar surface area (TPSA) is 127 Å². The van der Waals surface area contributed by atoms with Crippen molar-refractivity contribution < 1.29 is 38.9 Å². The fraction of sp³-hybridized carbons (Fsp3) is 0.120. The first-order valence-corrected chi connectivity index (χ1v) is 9.72. The highest BCUT2D eigenvalue weighted by atomic mass is 16.5. The third kappa shape index (κ3) is 4.18. The summed E-state index contributed by atoms with van der Waals surface area (Å²) in [6.45, 7) is 1.47. The molecule has 168 valence electrons. The summed E-state index contributed by atoms with van der Waals surface area (Å²) in [5.74, 6) is -4.32. The van der Waals surface area contributed by atoms with Gasteiger partial charge in [0.25, 0.3) is 0 Å². The summed E-state index contributed by atoms with van der Waals surface area (Å²) in [7, 11) is 2.40. The Bertz CT molecular complexity index is 1290. The van der Waals surface area contributed by atoms with Crippen LogP contribution in [0.2, 0.25) is 0 Å². The number of hydrogen-bond acceptors (Lipinski definition) is 6. The highest BCUT2D eigenvalue weighted by Gasteiger charge is 2.30. The van der Waals surface area contributed by atoms with Crippen LogP contribution in [0.3, 0.4) is 0 Å². The van der Waals surface area contributed by atoms with Crippen molar-refractivity contribution in [1.82, 2.24) is 0 Å². The molecule has 0 unspecified atom stereocenters. The van der Waals surface area contributed by atoms with Crippen LogP contribution in [0.5, 0.6) is 0 Å². The lowest BCUT2D eigenvalue weighted by atomic mass is 9.82. The van der Waals surface area contributed by atoms with Crippen molar-refractivity contribution in [3.8, 4) is 22.3 Å². The molecule has 0 spiro atoms. The van der Waals surface area contributed by atoms with Gasteiger partial charge in [0.15, 0.2) is 0 Å². The van der Waals surface area contributed by atoms with E-state index in [0.29, 0.717) is 5.56 Å². The molecular formula is C25H20O8. The van der Waals surface area contributed by atoms with Crippen LogP contribution in [0.15, 0.2) is 54.6 Å². The maximum Gasteiger partial charge on any atom is 0.338 e. The normalized spacial score (nSPS) is 10.4. The molecule has 0 fully saturated rings. The number of aromatic carboxylic acids is 2. The van der Waals surface area contributed by atoms with Crippen LogP contribution in [-0.4, -0.2) is 48.3 Å². The van der Waals surface area contributed by atoms with E-state index in [9.17, 15) is 29.4 Å². The minimum absolute atomic E-state index is 0.0251. The van der Waals surface area contributed by atoms with Crippen molar-refractivity contribution in [3.63, 3.8) is 0 Å². The van der Waals surface area contributed by atoms with Gasteiger partial charge in [0, 0.05) is 5.56 Å². The van der Waals surface area contributed by atoms with Crippen molar-refractivity contribution in [2.75, 3.05) is 14.2 Å². The number of rotatable bonds is 6. The van der Waals surface area contributed by atoms with E-state index in [1.54, 1.807) is 30.3 Å². The average molecular weight is 448 g/mol. The number of esters is 2. The lowest BCUT2D eigenvalue weighted by Crippen LogP contribution is -2.15. The Labute approximate surface area is 189 Å². The summed E-state index contributed by atoms with van der Waals surface area (Å²) in [5.41, 5.74) is 0.143. The van der Waals surface area contributed by atoms with Gasteiger partial charge in [-0.05, 0) is 47.4 Å². The average Bonchev–Trinajstić information content (AvgIpc) is 2.81. The zero-order valence-electron chi connectivity index (χ0n) is 18.0. The van der Waals surface area contributed by atoms with Crippen molar-refractivity contribution in [3.05, 3.63) is 82.4 Å². The molecule has 2 N–H and O–H groups in total. The molecule has 0 aromatic heterocycles. The summed E-state index contributed by atoms with van der Waals surface area (Å²) >= 11 is 0. The number of carboxylic acids is 2. The fourth-order valence-corrected chi connectivity index (χ4v) is 3.79. The van der Waals surface area contributed by atoms with E-state index in [0.717, 1.165) is 0 Å². The number of carbonyl (C=O) groups excluding carboxylic acids is 2. The summed E-state index contributed by atoms with van der Waals surface area (Å²) in [4.78, 5) is 49.4. The summed E-state index contributed by atoms with van der Waals surface area (Å²) in [5, 5.41) is 19.9. The van der Waals surface area contributed by atoms with Gasteiger partial charge in [-0.3, -0.25) is 0 Å². The van der Waals surface area contributed by atoms with Gasteiger partial charge in [0.05, 0.1) is 36.5 Å². The quantitative estimate of drug-likeness (QED) is 0.535. The molecular weight excluding hydrogens is 428 g/mol. The first-order chi connectivity index (χ1) is 15.7. The van der Waals surface area contributed by atoms with Gasteiger partial charge >= 0.3 is 23.9 Å². The van der Waals surface area contributed by atoms with Crippen LogP contribution in [0.1, 0.15) is 47.0 Å². The zero-order valence-corrected chi connectivity index (χ0v) is 18.0. The van der Waals surface area contributed by atoms with Crippen LogP contribution in [0.4, 0.5) is 0 Å². The van der Waals surface area contributed by atoms with Gasteiger partial charge in [-0.1, -0.05) is 36.4 Å². The molecule has 0 bridgehead atoms. The molecule has 0 radical (unpaired) electrons. The van der Waals surface area contributed by atoms with Gasteiger partial charge in [-0.2, -0.15) is 0 Å². The third-order valence-corrected chi connectivity index (χ3v) is 5.18. The highest BCUT2D eigenvalue weighted by molar-refractivity contribution is 6.14. The fourth-order valence-electron chi connectivity index (χ4n) is 3.79. The number of aryl methyl sites for hydroxylation is 1. The second-order valence-corrected chi connectivity index (χ2v) is 7.05. The van der Waals surface area contributed by atoms with Gasteiger partial charge in [-0.25, -0.2) is 19.2 Å². The number of methoxy groups -OCH3 is 2. The van der Waals surface area contributed by atoms with Crippen LogP contribution in [0.25, 0.3) is 22.3 Å². The van der Waals surface area contributed by atoms with Crippen LogP contribution >= 0.6 is 0 Å². The monoisotopic (exact) mass is 448 g/mol. The molecule has 0 aliphatic heterocycles. The molecule has 8 nitrogen and oxygen atoms in total. The van der Waals surface area contributed by atoms with Crippen molar-refractivity contribution in [1.29, 1.82) is 0 Å². The summed E-state index contributed by atoms with van der Waals surface area (Å²) < 4.78 is 9.72. The molecule has 3 rings (SSSR count). The molecule has 0 atom stereocenters. The van der Waals surface area contributed by atoms with Gasteiger partial charge in [0.1, 0.15) is 0 Å². The molecule has 0 saturated carbocycles. The van der Waals surface area contributed by atoms with Crippen molar-refractivity contribution in [2.45, 2.75) is 6.92 Å². The van der Waals surface area contributed by atoms with E-state index < -0.39 is 35.0 Å². The van der Waals surface area contributed by atoms with Gasteiger partial charge in [0.2, 0.25) is 0 Å². The van der Waals surface area contributed by atoms with Crippen molar-refractivity contribution in [2.24, 2.45) is 0 Å². The molecule has 3 aromatic rings. The minimum atomic E-state index is -1.50. The lowest BCUT2D eigenvalue weighted by molar-refractivity contribution is 0.0592. The summed E-state index contributed by atoms with van der Waals surface area (Å²) in [6.07, 6.45) is 0. The van der Waals surface area contributed by atoms with Gasteiger partial charge in [-0.15, -0.1) is 0 Å². The van der Waals surface area contributed by atoms with Crippen LogP contribution < -0.4 is 0 Å². The second kappa shape index (κ2) is 9.35. The van der Waals surface area contributed by atoms with E-state index in [1.807, 2.05) is 0 Å². The third-order valence-electron chi connectivity index (χ3n) is 5.18. The maximum atomic E-state index is 12.5. The van der Waals surface area contributed by atoms with Crippen LogP contribution in [-0.2, 0) is 9.47 Å². The molecule has 0 saturated heterocycles. The Morgan fingerprint density at radius 2 is 1.12 bits per heavy atom. The Morgan fingerprint density at radius 1 is 0.667 bits per heavy atom. The molecule has 0 aliphatic carbocycles. The Hall–Kier alpha value is -4.46. The molecule has 0 heterocycles. The maximum absolute atomic E-state index is 12.5. The first-order valence-electron chi connectivity index (χ1n) is 9.72. The number of benzene rings is 3. The van der Waals surface area contributed by atoms with E-state index >= 15 is 0 Å². The van der Waals surface area contributed by atoms with E-state index in [4.69, 9.17) is 9.47 Å². The smallest absolute Gasteiger partial charge is 0.338 e. The highest BCUT2D eigenvalue weighted by Crippen LogP contribution is 2.41. The molecule has 3 aromatic carbocycles. The lowest BCUT2D eigenvalue weighted by Gasteiger charge is -2.20. The predicted octanol–water partition coefficient (Wildman–Crippen LogP) is 4.30. The Balaban J connectivity index is 2.59. The largest absolute Gasteiger partial charge is 0.478 e. The number of ether oxygens (including phenoxy) is 2. The van der Waals surface area contributed by atoms with E-state index in [2.05, 4.69) is 0 Å². The summed E-state index contributed by atoms with van der Waals surface area (Å²) in [6, 6.07) is 14.0. The zero-order chi connectivity index (χ0) is 24.3. The first kappa shape index (κ1) is 23.2. The minimum Gasteiger partial charge on any atom is -0.478 e. The molecule has 8 heteroatoms. The number of hydrogen-bond donors (Lipinski definition) is 2. The standard InChI is InChI=1S/C25H20O8/c1-13-12-18(14-8-4-6-10-16(14)24(30)32-2)20(21(23(28)29)19(13)22(26)27)15-9-5-7-11-17(15)25(31)33-3/h4-12H,1-3H3,(H,26,27)(H,28,29). The SMILES string of the molecule is COC(=O)c1ccccc1-c1cc(C)c(C(=O)O)c(C(=O)O)c1-c1ccccc1C(=O)OC. The predicted molar refractivity (Wildman–Crippen MR) is 119 cm³/mol. The van der Waals surface area contributed by atoms with Gasteiger partial charge < -0.3 is 19.7 Å². The Kier molecular flexibility index (Phi) is 6.58. The number of carboxylic acid groups (broad SMARTS) is 2. The second-order valence-electron chi connectivity index (χ2n) is 7.05. The van der Waals surface area contributed by atoms with Crippen molar-refractivity contribution >= 4 is 23.9 Å². The van der Waals surface area contributed by atoms with Crippen LogP contribution in [0, 0.1) is 6.92 Å². The van der Waals surface area contributed by atoms with E-state index in [1.165, 1.54) is 45.4 Å². The molecule has 0 amide bonds. The number of carbonyl (C=O) groups is 4. The molecule has 0 aliphatic rings. The van der Waals surface area contributed by atoms with E-state index in [-0.39, 0.29) is 33.4 Å². The Morgan fingerprint density at radius 3 is 1.61 bits per heavy atom.